The van der Waals surface area contributed by atoms with E-state index in [0.717, 1.165) is 18.9 Å². The monoisotopic (exact) mass is 461 g/mol. The van der Waals surface area contributed by atoms with E-state index in [-0.39, 0.29) is 23.4 Å². The van der Waals surface area contributed by atoms with Crippen LogP contribution in [0.3, 0.4) is 0 Å². The van der Waals surface area contributed by atoms with Gasteiger partial charge in [-0.2, -0.15) is 13.2 Å². The molecule has 0 spiro atoms. The molecule has 5 nitrogen and oxygen atoms in total. The van der Waals surface area contributed by atoms with Gasteiger partial charge in [-0.1, -0.05) is 18.2 Å². The highest BCUT2D eigenvalue weighted by Crippen LogP contribution is 2.30. The van der Waals surface area contributed by atoms with Crippen molar-refractivity contribution in [3.05, 3.63) is 70.8 Å². The van der Waals surface area contributed by atoms with Gasteiger partial charge in [0.1, 0.15) is 0 Å². The number of amides is 2. The summed E-state index contributed by atoms with van der Waals surface area (Å²) in [6.07, 6.45) is -2.91. The van der Waals surface area contributed by atoms with E-state index < -0.39 is 11.7 Å². The van der Waals surface area contributed by atoms with Gasteiger partial charge in [0, 0.05) is 42.3 Å². The Kier molecular flexibility index (Phi) is 7.47. The molecule has 0 aliphatic carbocycles. The SMILES string of the molecule is CC(C)(C)NC(=O)c1ccc(C(=O)NC2CCN(Cc3cccc(C(F)(F)F)c3)CC2)cc1. The molecule has 33 heavy (non-hydrogen) atoms. The van der Waals surface area contributed by atoms with Gasteiger partial charge in [-0.15, -0.1) is 0 Å². The average Bonchev–Trinajstić information content (AvgIpc) is 2.73. The van der Waals surface area contributed by atoms with Crippen molar-refractivity contribution in [3.63, 3.8) is 0 Å². The number of halogens is 3. The summed E-state index contributed by atoms with van der Waals surface area (Å²) in [6, 6.07) is 11.9. The van der Waals surface area contributed by atoms with Crippen LogP contribution in [0, 0.1) is 0 Å². The number of hydrogen-bond donors (Lipinski definition) is 2. The van der Waals surface area contributed by atoms with Crippen LogP contribution in [-0.2, 0) is 12.7 Å². The third kappa shape index (κ3) is 7.32. The minimum absolute atomic E-state index is 0.000810. The minimum Gasteiger partial charge on any atom is -0.349 e. The number of nitrogens with one attached hydrogen (secondary N) is 2. The van der Waals surface area contributed by atoms with Crippen molar-refractivity contribution in [1.82, 2.24) is 15.5 Å². The Bertz CT molecular complexity index is 974. The van der Waals surface area contributed by atoms with Gasteiger partial charge in [-0.3, -0.25) is 14.5 Å². The number of rotatable bonds is 5. The largest absolute Gasteiger partial charge is 0.416 e. The lowest BCUT2D eigenvalue weighted by atomic mass is 10.0. The van der Waals surface area contributed by atoms with Crippen molar-refractivity contribution in [3.8, 4) is 0 Å². The van der Waals surface area contributed by atoms with Crippen LogP contribution in [0.5, 0.6) is 0 Å². The van der Waals surface area contributed by atoms with Gasteiger partial charge in [-0.05, 0) is 69.5 Å². The summed E-state index contributed by atoms with van der Waals surface area (Å²) in [6.45, 7) is 7.52. The van der Waals surface area contributed by atoms with Crippen molar-refractivity contribution >= 4 is 11.8 Å². The first-order valence-corrected chi connectivity index (χ1v) is 11.0. The Morgan fingerprint density at radius 3 is 2.06 bits per heavy atom. The third-order valence-electron chi connectivity index (χ3n) is 5.48. The van der Waals surface area contributed by atoms with E-state index in [1.54, 1.807) is 30.3 Å². The summed E-state index contributed by atoms with van der Waals surface area (Å²) < 4.78 is 38.7. The summed E-state index contributed by atoms with van der Waals surface area (Å²) in [5.74, 6) is -0.392. The molecule has 1 aliphatic heterocycles. The molecule has 1 fully saturated rings. The summed E-state index contributed by atoms with van der Waals surface area (Å²) >= 11 is 0. The number of piperidine rings is 1. The number of hydrogen-bond acceptors (Lipinski definition) is 3. The number of carbonyl (C=O) groups excluding carboxylic acids is 2. The summed E-state index contributed by atoms with van der Waals surface area (Å²) in [7, 11) is 0. The summed E-state index contributed by atoms with van der Waals surface area (Å²) in [5, 5.41) is 5.90. The summed E-state index contributed by atoms with van der Waals surface area (Å²) in [4.78, 5) is 26.9. The second kappa shape index (κ2) is 9.95. The lowest BCUT2D eigenvalue weighted by Gasteiger charge is -2.32. The third-order valence-corrected chi connectivity index (χ3v) is 5.48. The topological polar surface area (TPSA) is 61.4 Å². The number of carbonyl (C=O) groups is 2. The van der Waals surface area contributed by atoms with Crippen LogP contribution in [-0.4, -0.2) is 41.4 Å². The summed E-state index contributed by atoms with van der Waals surface area (Å²) in [5.41, 5.74) is 0.619. The molecule has 2 aromatic carbocycles. The van der Waals surface area contributed by atoms with E-state index >= 15 is 0 Å². The molecule has 178 valence electrons. The number of nitrogens with zero attached hydrogens (tertiary/aromatic N) is 1. The first kappa shape index (κ1) is 24.8. The zero-order chi connectivity index (χ0) is 24.2. The van der Waals surface area contributed by atoms with Crippen LogP contribution in [0.15, 0.2) is 48.5 Å². The number of benzene rings is 2. The highest BCUT2D eigenvalue weighted by Gasteiger charge is 2.30. The Balaban J connectivity index is 1.49. The van der Waals surface area contributed by atoms with Gasteiger partial charge in [0.05, 0.1) is 5.56 Å². The van der Waals surface area contributed by atoms with E-state index in [4.69, 9.17) is 0 Å². The fourth-order valence-electron chi connectivity index (χ4n) is 3.79. The van der Waals surface area contributed by atoms with Gasteiger partial charge in [-0.25, -0.2) is 0 Å². The first-order chi connectivity index (χ1) is 15.4. The molecular formula is C25H30F3N3O2. The van der Waals surface area contributed by atoms with Gasteiger partial charge in [0.25, 0.3) is 11.8 Å². The molecule has 1 aliphatic rings. The van der Waals surface area contributed by atoms with Gasteiger partial charge in [0.15, 0.2) is 0 Å². The van der Waals surface area contributed by atoms with E-state index in [1.165, 1.54) is 12.1 Å². The van der Waals surface area contributed by atoms with Crippen LogP contribution in [0.2, 0.25) is 0 Å². The molecule has 1 saturated heterocycles. The molecule has 2 amide bonds. The Morgan fingerprint density at radius 2 is 1.52 bits per heavy atom. The van der Waals surface area contributed by atoms with E-state index in [2.05, 4.69) is 15.5 Å². The maximum absolute atomic E-state index is 12.9. The molecule has 2 N–H and O–H groups in total. The molecule has 0 radical (unpaired) electrons. The molecule has 1 heterocycles. The van der Waals surface area contributed by atoms with Crippen LogP contribution >= 0.6 is 0 Å². The van der Waals surface area contributed by atoms with Crippen molar-refractivity contribution in [2.75, 3.05) is 13.1 Å². The van der Waals surface area contributed by atoms with Crippen LogP contribution < -0.4 is 10.6 Å². The Morgan fingerprint density at radius 1 is 0.939 bits per heavy atom. The molecular weight excluding hydrogens is 431 g/mol. The highest BCUT2D eigenvalue weighted by molar-refractivity contribution is 5.98. The Hall–Kier alpha value is -2.87. The lowest BCUT2D eigenvalue weighted by molar-refractivity contribution is -0.137. The molecule has 0 saturated carbocycles. The predicted molar refractivity (Wildman–Crippen MR) is 121 cm³/mol. The molecule has 3 rings (SSSR count). The number of likely N-dealkylation sites (tertiary alicyclic amines) is 1. The van der Waals surface area contributed by atoms with Crippen LogP contribution in [0.4, 0.5) is 13.2 Å². The molecule has 8 heteroatoms. The average molecular weight is 462 g/mol. The van der Waals surface area contributed by atoms with Crippen molar-refractivity contribution in [2.24, 2.45) is 0 Å². The zero-order valence-electron chi connectivity index (χ0n) is 19.1. The van der Waals surface area contributed by atoms with E-state index in [9.17, 15) is 22.8 Å². The normalized spacial score (nSPS) is 15.8. The zero-order valence-corrected chi connectivity index (χ0v) is 19.1. The van der Waals surface area contributed by atoms with Crippen molar-refractivity contribution in [2.45, 2.75) is 57.9 Å². The van der Waals surface area contributed by atoms with Gasteiger partial charge >= 0.3 is 6.18 Å². The molecule has 0 aromatic heterocycles. The second-order valence-electron chi connectivity index (χ2n) is 9.50. The van der Waals surface area contributed by atoms with Crippen LogP contribution in [0.1, 0.15) is 65.5 Å². The first-order valence-electron chi connectivity index (χ1n) is 11.0. The highest BCUT2D eigenvalue weighted by atomic mass is 19.4. The van der Waals surface area contributed by atoms with Crippen molar-refractivity contribution < 1.29 is 22.8 Å². The fourth-order valence-corrected chi connectivity index (χ4v) is 3.79. The second-order valence-corrected chi connectivity index (χ2v) is 9.50. The van der Waals surface area contributed by atoms with Gasteiger partial charge in [0.2, 0.25) is 0 Å². The maximum Gasteiger partial charge on any atom is 0.416 e. The maximum atomic E-state index is 12.9. The lowest BCUT2D eigenvalue weighted by Crippen LogP contribution is -2.44. The van der Waals surface area contributed by atoms with E-state index in [1.807, 2.05) is 20.8 Å². The predicted octanol–water partition coefficient (Wildman–Crippen LogP) is 4.63. The Labute approximate surface area is 192 Å². The molecule has 0 bridgehead atoms. The van der Waals surface area contributed by atoms with Gasteiger partial charge < -0.3 is 10.6 Å². The fraction of sp³-hybridized carbons (Fsp3) is 0.440. The molecule has 0 atom stereocenters. The standard InChI is InChI=1S/C25H30F3N3O2/c1-24(2,3)30-23(33)19-9-7-18(8-10-19)22(32)29-21-11-13-31(14-12-21)16-17-5-4-6-20(15-17)25(26,27)28/h4-10,15,21H,11-14,16H2,1-3H3,(H,29,32)(H,30,33). The number of alkyl halides is 3. The van der Waals surface area contributed by atoms with E-state index in [0.29, 0.717) is 36.3 Å². The molecule has 2 aromatic rings. The smallest absolute Gasteiger partial charge is 0.349 e. The minimum atomic E-state index is -4.35. The molecule has 0 unspecified atom stereocenters. The van der Waals surface area contributed by atoms with Crippen molar-refractivity contribution in [1.29, 1.82) is 0 Å². The van der Waals surface area contributed by atoms with Crippen LogP contribution in [0.25, 0.3) is 0 Å². The quantitative estimate of drug-likeness (QED) is 0.683.